The van der Waals surface area contributed by atoms with E-state index in [0.29, 0.717) is 0 Å². The van der Waals surface area contributed by atoms with E-state index in [1.54, 1.807) is 0 Å². The molecule has 1 aliphatic rings. The first-order chi connectivity index (χ1) is 8.25. The third-order valence-electron chi connectivity index (χ3n) is 3.30. The Bertz CT molecular complexity index is 544. The molecule has 0 N–H and O–H groups in total. The molecular weight excluding hydrogens is 236 g/mol. The maximum Gasteiger partial charge on any atom is 0.150 e. The third-order valence-corrected chi connectivity index (χ3v) is 3.71. The number of benzene rings is 1. The fourth-order valence-electron chi connectivity index (χ4n) is 2.32. The summed E-state index contributed by atoms with van der Waals surface area (Å²) in [6.45, 7) is 2.85. The Hall–Kier alpha value is -1.06. The van der Waals surface area contributed by atoms with Gasteiger partial charge in [-0.1, -0.05) is 11.6 Å². The number of hydrogen-bond acceptors (Lipinski definition) is 2. The first kappa shape index (κ1) is 11.1. The molecule has 1 aromatic carbocycles. The van der Waals surface area contributed by atoms with Crippen LogP contribution in [0.2, 0.25) is 5.02 Å². The highest BCUT2D eigenvalue weighted by Gasteiger charge is 2.18. The summed E-state index contributed by atoms with van der Waals surface area (Å²) in [5.74, 6) is 0. The van der Waals surface area contributed by atoms with Gasteiger partial charge in [0.05, 0.1) is 11.7 Å². The topological polar surface area (TPSA) is 27.1 Å². The van der Waals surface area contributed by atoms with Crippen molar-refractivity contribution in [2.75, 3.05) is 6.61 Å². The minimum atomic E-state index is 0.0850. The summed E-state index contributed by atoms with van der Waals surface area (Å²) >= 11 is 6.11. The van der Waals surface area contributed by atoms with Gasteiger partial charge in [0.1, 0.15) is 0 Å². The summed E-state index contributed by atoms with van der Waals surface area (Å²) in [5, 5.41) is 6.31. The lowest BCUT2D eigenvalue weighted by Gasteiger charge is -2.23. The van der Waals surface area contributed by atoms with Crippen molar-refractivity contribution >= 4 is 22.5 Å². The van der Waals surface area contributed by atoms with Crippen LogP contribution in [0, 0.1) is 6.92 Å². The predicted molar refractivity (Wildman–Crippen MR) is 68.3 cm³/mol. The molecule has 1 aliphatic heterocycles. The highest BCUT2D eigenvalue weighted by Crippen LogP contribution is 2.28. The van der Waals surface area contributed by atoms with Crippen LogP contribution in [0.3, 0.4) is 0 Å². The van der Waals surface area contributed by atoms with Gasteiger partial charge in [0.15, 0.2) is 6.23 Å². The molecule has 17 heavy (non-hydrogen) atoms. The molecule has 1 unspecified atom stereocenters. The van der Waals surface area contributed by atoms with Crippen LogP contribution < -0.4 is 0 Å². The van der Waals surface area contributed by atoms with E-state index < -0.39 is 0 Å². The Morgan fingerprint density at radius 3 is 3.06 bits per heavy atom. The smallest absolute Gasteiger partial charge is 0.150 e. The van der Waals surface area contributed by atoms with Gasteiger partial charge in [-0.25, -0.2) is 4.68 Å². The summed E-state index contributed by atoms with van der Waals surface area (Å²) < 4.78 is 7.75. The largest absolute Gasteiger partial charge is 0.356 e. The van der Waals surface area contributed by atoms with Gasteiger partial charge in [-0.05, 0) is 43.9 Å². The van der Waals surface area contributed by atoms with E-state index in [-0.39, 0.29) is 6.23 Å². The quantitative estimate of drug-likeness (QED) is 0.772. The van der Waals surface area contributed by atoms with E-state index in [4.69, 9.17) is 16.3 Å². The number of aryl methyl sites for hydroxylation is 1. The number of ether oxygens (including phenoxy) is 1. The molecule has 90 valence electrons. The number of halogens is 1. The van der Waals surface area contributed by atoms with Crippen LogP contribution in [-0.2, 0) is 4.74 Å². The Kier molecular flexibility index (Phi) is 2.81. The van der Waals surface area contributed by atoms with Crippen LogP contribution in [0.15, 0.2) is 18.3 Å². The molecule has 2 heterocycles. The van der Waals surface area contributed by atoms with Crippen molar-refractivity contribution in [2.45, 2.75) is 32.4 Å². The fraction of sp³-hybridized carbons (Fsp3) is 0.462. The van der Waals surface area contributed by atoms with Crippen LogP contribution in [0.5, 0.6) is 0 Å². The maximum absolute atomic E-state index is 6.11. The average molecular weight is 251 g/mol. The first-order valence-electron chi connectivity index (χ1n) is 6.00. The molecule has 1 fully saturated rings. The molecule has 0 aliphatic carbocycles. The van der Waals surface area contributed by atoms with Crippen molar-refractivity contribution in [3.05, 3.63) is 28.9 Å². The molecule has 0 saturated carbocycles. The predicted octanol–water partition coefficient (Wildman–Crippen LogP) is 3.70. The van der Waals surface area contributed by atoms with Crippen LogP contribution in [0.1, 0.15) is 31.1 Å². The standard InChI is InChI=1S/C13H15ClN2O/c1-9-6-12-10(7-11(9)14)8-15-16(12)13-4-2-3-5-17-13/h6-8,13H,2-5H2,1H3. The van der Waals surface area contributed by atoms with Crippen molar-refractivity contribution in [3.8, 4) is 0 Å². The molecule has 0 radical (unpaired) electrons. The summed E-state index contributed by atoms with van der Waals surface area (Å²) in [7, 11) is 0. The van der Waals surface area contributed by atoms with E-state index in [2.05, 4.69) is 11.2 Å². The molecule has 1 atom stereocenters. The fourth-order valence-corrected chi connectivity index (χ4v) is 2.49. The number of hydrogen-bond donors (Lipinski definition) is 0. The van der Waals surface area contributed by atoms with Crippen LogP contribution in [0.4, 0.5) is 0 Å². The molecule has 0 spiro atoms. The minimum Gasteiger partial charge on any atom is -0.356 e. The van der Waals surface area contributed by atoms with E-state index in [1.165, 1.54) is 6.42 Å². The van der Waals surface area contributed by atoms with Gasteiger partial charge in [0.25, 0.3) is 0 Å². The molecule has 2 aromatic rings. The number of aromatic nitrogens is 2. The third kappa shape index (κ3) is 1.94. The van der Waals surface area contributed by atoms with Crippen molar-refractivity contribution in [2.24, 2.45) is 0 Å². The second-order valence-corrected chi connectivity index (χ2v) is 4.98. The average Bonchev–Trinajstić information content (AvgIpc) is 2.74. The highest BCUT2D eigenvalue weighted by molar-refractivity contribution is 6.32. The molecular formula is C13H15ClN2O. The molecule has 1 aromatic heterocycles. The first-order valence-corrected chi connectivity index (χ1v) is 6.38. The van der Waals surface area contributed by atoms with E-state index in [9.17, 15) is 0 Å². The van der Waals surface area contributed by atoms with Gasteiger partial charge in [-0.3, -0.25) is 0 Å². The van der Waals surface area contributed by atoms with E-state index in [0.717, 1.165) is 40.9 Å². The van der Waals surface area contributed by atoms with Gasteiger partial charge < -0.3 is 4.74 Å². The van der Waals surface area contributed by atoms with Crippen molar-refractivity contribution in [1.29, 1.82) is 0 Å². The number of nitrogens with zero attached hydrogens (tertiary/aromatic N) is 2. The molecule has 4 heteroatoms. The van der Waals surface area contributed by atoms with Gasteiger partial charge in [0, 0.05) is 17.0 Å². The van der Waals surface area contributed by atoms with Crippen molar-refractivity contribution in [3.63, 3.8) is 0 Å². The SMILES string of the molecule is Cc1cc2c(cnn2C2CCCCO2)cc1Cl. The molecule has 0 amide bonds. The van der Waals surface area contributed by atoms with Gasteiger partial charge in [0.2, 0.25) is 0 Å². The lowest BCUT2D eigenvalue weighted by atomic mass is 10.1. The van der Waals surface area contributed by atoms with Crippen molar-refractivity contribution < 1.29 is 4.74 Å². The summed E-state index contributed by atoms with van der Waals surface area (Å²) in [6.07, 6.45) is 5.35. The Morgan fingerprint density at radius 1 is 1.41 bits per heavy atom. The van der Waals surface area contributed by atoms with Gasteiger partial charge in [-0.2, -0.15) is 5.10 Å². The van der Waals surface area contributed by atoms with Gasteiger partial charge >= 0.3 is 0 Å². The summed E-state index contributed by atoms with van der Waals surface area (Å²) in [5.41, 5.74) is 2.19. The molecule has 3 rings (SSSR count). The second-order valence-electron chi connectivity index (χ2n) is 4.57. The maximum atomic E-state index is 6.11. The number of rotatable bonds is 1. The molecule has 0 bridgehead atoms. The monoisotopic (exact) mass is 250 g/mol. The van der Waals surface area contributed by atoms with Crippen LogP contribution in [0.25, 0.3) is 10.9 Å². The lowest BCUT2D eigenvalue weighted by Crippen LogP contribution is -2.18. The Labute approximate surface area is 105 Å². The van der Waals surface area contributed by atoms with Crippen molar-refractivity contribution in [1.82, 2.24) is 9.78 Å². The van der Waals surface area contributed by atoms with Gasteiger partial charge in [-0.15, -0.1) is 0 Å². The zero-order valence-corrected chi connectivity index (χ0v) is 10.6. The Morgan fingerprint density at radius 2 is 2.29 bits per heavy atom. The molecule has 1 saturated heterocycles. The summed E-state index contributed by atoms with van der Waals surface area (Å²) in [4.78, 5) is 0. The molecule has 3 nitrogen and oxygen atoms in total. The van der Waals surface area contributed by atoms with E-state index in [1.807, 2.05) is 23.9 Å². The second kappa shape index (κ2) is 4.31. The zero-order valence-electron chi connectivity index (χ0n) is 9.82. The minimum absolute atomic E-state index is 0.0850. The van der Waals surface area contributed by atoms with Crippen LogP contribution in [-0.4, -0.2) is 16.4 Å². The highest BCUT2D eigenvalue weighted by atomic mass is 35.5. The lowest BCUT2D eigenvalue weighted by molar-refractivity contribution is -0.0366. The van der Waals surface area contributed by atoms with Crippen LogP contribution >= 0.6 is 11.6 Å². The normalized spacial score (nSPS) is 20.9. The summed E-state index contributed by atoms with van der Waals surface area (Å²) in [6, 6.07) is 4.06. The number of fused-ring (bicyclic) bond motifs is 1. The zero-order chi connectivity index (χ0) is 11.8. The Balaban J connectivity index is 2.07. The van der Waals surface area contributed by atoms with E-state index >= 15 is 0 Å².